The first-order valence-corrected chi connectivity index (χ1v) is 10.1. The van der Waals surface area contributed by atoms with E-state index in [9.17, 15) is 0 Å². The fourth-order valence-corrected chi connectivity index (χ4v) is 4.77. The lowest BCUT2D eigenvalue weighted by atomic mass is 9.88. The molecule has 5 rings (SSSR count). The molecule has 0 saturated heterocycles. The van der Waals surface area contributed by atoms with E-state index in [0.29, 0.717) is 0 Å². The van der Waals surface area contributed by atoms with Gasteiger partial charge in [0.1, 0.15) is 5.66 Å². The molecule has 0 bridgehead atoms. The SMILES string of the molecule is COCCCN1CN=C2NC3(CCCCC3)n3c(nc4ccccc43)N2C1. The predicted molar refractivity (Wildman–Crippen MR) is 107 cm³/mol. The van der Waals surface area contributed by atoms with Crippen molar-refractivity contribution < 1.29 is 4.74 Å². The van der Waals surface area contributed by atoms with Gasteiger partial charge in [-0.3, -0.25) is 14.4 Å². The van der Waals surface area contributed by atoms with Crippen LogP contribution in [0, 0.1) is 0 Å². The number of rotatable bonds is 4. The molecule has 0 radical (unpaired) electrons. The average Bonchev–Trinajstić information content (AvgIpc) is 3.10. The highest BCUT2D eigenvalue weighted by atomic mass is 16.5. The van der Waals surface area contributed by atoms with Crippen molar-refractivity contribution in [2.75, 3.05) is 38.5 Å². The van der Waals surface area contributed by atoms with Gasteiger partial charge in [0, 0.05) is 20.3 Å². The van der Waals surface area contributed by atoms with E-state index in [4.69, 9.17) is 14.7 Å². The summed E-state index contributed by atoms with van der Waals surface area (Å²) in [6.45, 7) is 3.31. The zero-order chi connectivity index (χ0) is 18.3. The molecule has 2 aliphatic heterocycles. The molecule has 7 heteroatoms. The lowest BCUT2D eigenvalue weighted by Gasteiger charge is -2.49. The van der Waals surface area contributed by atoms with Crippen LogP contribution in [-0.2, 0) is 10.4 Å². The molecule has 27 heavy (non-hydrogen) atoms. The van der Waals surface area contributed by atoms with Crippen molar-refractivity contribution in [3.05, 3.63) is 24.3 Å². The average molecular weight is 368 g/mol. The van der Waals surface area contributed by atoms with Gasteiger partial charge >= 0.3 is 0 Å². The van der Waals surface area contributed by atoms with Crippen molar-refractivity contribution in [2.45, 2.75) is 44.2 Å². The fraction of sp³-hybridized carbons (Fsp3) is 0.600. The number of hydrogen-bond acceptors (Lipinski definition) is 6. The van der Waals surface area contributed by atoms with E-state index >= 15 is 0 Å². The number of nitrogens with one attached hydrogen (secondary N) is 1. The molecule has 144 valence electrons. The zero-order valence-corrected chi connectivity index (χ0v) is 16.0. The quantitative estimate of drug-likeness (QED) is 0.841. The smallest absolute Gasteiger partial charge is 0.216 e. The van der Waals surface area contributed by atoms with Crippen LogP contribution in [0.4, 0.5) is 5.95 Å². The van der Waals surface area contributed by atoms with Crippen LogP contribution in [0.3, 0.4) is 0 Å². The van der Waals surface area contributed by atoms with Crippen molar-refractivity contribution in [3.8, 4) is 0 Å². The Hall–Kier alpha value is -2.12. The minimum Gasteiger partial charge on any atom is -0.385 e. The number of hydrogen-bond donors (Lipinski definition) is 1. The van der Waals surface area contributed by atoms with E-state index in [-0.39, 0.29) is 5.66 Å². The van der Waals surface area contributed by atoms with Gasteiger partial charge in [0.2, 0.25) is 11.9 Å². The Morgan fingerprint density at radius 3 is 2.89 bits per heavy atom. The number of guanidine groups is 1. The first-order chi connectivity index (χ1) is 13.3. The molecule has 1 saturated carbocycles. The van der Waals surface area contributed by atoms with Crippen LogP contribution in [0.2, 0.25) is 0 Å². The van der Waals surface area contributed by atoms with Crippen LogP contribution in [0.5, 0.6) is 0 Å². The predicted octanol–water partition coefficient (Wildman–Crippen LogP) is 2.69. The van der Waals surface area contributed by atoms with E-state index in [0.717, 1.165) is 63.2 Å². The molecule has 1 fully saturated rings. The standard InChI is InChI=1S/C20H28N6O/c1-27-13-7-12-24-14-21-18-23-20(10-5-2-6-11-20)26-17-9-4-3-8-16(17)22-19(26)25(18)15-24/h3-4,8-9H,2,5-7,10-15H2,1H3,(H,21,23). The fourth-order valence-electron chi connectivity index (χ4n) is 4.77. The molecule has 2 aromatic rings. The molecule has 0 amide bonds. The Balaban J connectivity index is 1.56. The van der Waals surface area contributed by atoms with Gasteiger partial charge in [0.15, 0.2) is 0 Å². The molecule has 1 aromatic carbocycles. The number of aromatic nitrogens is 2. The van der Waals surface area contributed by atoms with E-state index in [2.05, 4.69) is 43.9 Å². The number of nitrogens with zero attached hydrogens (tertiary/aromatic N) is 5. The minimum atomic E-state index is -0.0861. The minimum absolute atomic E-state index is 0.0861. The normalized spacial score (nSPS) is 21.7. The number of imidazole rings is 1. The van der Waals surface area contributed by atoms with Crippen molar-refractivity contribution in [1.29, 1.82) is 0 Å². The number of para-hydroxylation sites is 2. The zero-order valence-electron chi connectivity index (χ0n) is 16.0. The van der Waals surface area contributed by atoms with Crippen molar-refractivity contribution >= 4 is 22.9 Å². The maximum atomic E-state index is 5.21. The maximum Gasteiger partial charge on any atom is 0.216 e. The highest BCUT2D eigenvalue weighted by Gasteiger charge is 2.45. The number of ether oxygens (including phenoxy) is 1. The summed E-state index contributed by atoms with van der Waals surface area (Å²) in [6.07, 6.45) is 7.08. The summed E-state index contributed by atoms with van der Waals surface area (Å²) in [6, 6.07) is 8.51. The molecule has 3 aliphatic rings. The second kappa shape index (κ2) is 6.80. The second-order valence-corrected chi connectivity index (χ2v) is 7.89. The van der Waals surface area contributed by atoms with E-state index in [1.165, 1.54) is 24.8 Å². The number of anilines is 1. The molecule has 7 nitrogen and oxygen atoms in total. The molecule has 3 heterocycles. The van der Waals surface area contributed by atoms with E-state index < -0.39 is 0 Å². The van der Waals surface area contributed by atoms with Crippen LogP contribution in [-0.4, -0.2) is 54.0 Å². The summed E-state index contributed by atoms with van der Waals surface area (Å²) in [7, 11) is 1.76. The Labute approximate surface area is 160 Å². The summed E-state index contributed by atoms with van der Waals surface area (Å²) < 4.78 is 7.66. The van der Waals surface area contributed by atoms with Gasteiger partial charge in [-0.2, -0.15) is 0 Å². The van der Waals surface area contributed by atoms with Crippen molar-refractivity contribution in [3.63, 3.8) is 0 Å². The van der Waals surface area contributed by atoms with E-state index in [1.807, 2.05) is 0 Å². The third kappa shape index (κ3) is 2.80. The first kappa shape index (κ1) is 17.0. The monoisotopic (exact) mass is 368 g/mol. The van der Waals surface area contributed by atoms with Crippen LogP contribution >= 0.6 is 0 Å². The Bertz CT molecular complexity index is 853. The lowest BCUT2D eigenvalue weighted by Crippen LogP contribution is -2.64. The summed E-state index contributed by atoms with van der Waals surface area (Å²) in [5.41, 5.74) is 2.20. The third-order valence-electron chi connectivity index (χ3n) is 6.08. The Morgan fingerprint density at radius 2 is 2.04 bits per heavy atom. The summed E-state index contributed by atoms with van der Waals surface area (Å²) in [5, 5.41) is 3.84. The highest BCUT2D eigenvalue weighted by Crippen LogP contribution is 2.41. The molecule has 0 unspecified atom stereocenters. The number of benzene rings is 1. The largest absolute Gasteiger partial charge is 0.385 e. The molecular formula is C20H28N6O. The second-order valence-electron chi connectivity index (χ2n) is 7.89. The van der Waals surface area contributed by atoms with Gasteiger partial charge in [0.05, 0.1) is 24.4 Å². The molecule has 0 atom stereocenters. The molecular weight excluding hydrogens is 340 g/mol. The topological polar surface area (TPSA) is 57.9 Å². The van der Waals surface area contributed by atoms with Crippen LogP contribution in [0.1, 0.15) is 38.5 Å². The maximum absolute atomic E-state index is 5.21. The molecule has 1 aromatic heterocycles. The van der Waals surface area contributed by atoms with Crippen molar-refractivity contribution in [2.24, 2.45) is 4.99 Å². The van der Waals surface area contributed by atoms with Gasteiger partial charge in [0.25, 0.3) is 0 Å². The van der Waals surface area contributed by atoms with Crippen molar-refractivity contribution in [1.82, 2.24) is 19.8 Å². The molecule has 1 aliphatic carbocycles. The first-order valence-electron chi connectivity index (χ1n) is 10.1. The molecule has 1 spiro atoms. The van der Waals surface area contributed by atoms with Crippen LogP contribution in [0.25, 0.3) is 11.0 Å². The summed E-state index contributed by atoms with van der Waals surface area (Å²) in [5.74, 6) is 2.02. The van der Waals surface area contributed by atoms with Crippen LogP contribution < -0.4 is 10.2 Å². The van der Waals surface area contributed by atoms with Gasteiger partial charge in [-0.15, -0.1) is 0 Å². The number of methoxy groups -OCH3 is 1. The highest BCUT2D eigenvalue weighted by molar-refractivity contribution is 5.99. The van der Waals surface area contributed by atoms with Gasteiger partial charge in [-0.1, -0.05) is 18.6 Å². The lowest BCUT2D eigenvalue weighted by molar-refractivity contribution is 0.155. The Kier molecular flexibility index (Phi) is 4.28. The van der Waals surface area contributed by atoms with Gasteiger partial charge < -0.3 is 10.1 Å². The Morgan fingerprint density at radius 1 is 1.19 bits per heavy atom. The van der Waals surface area contributed by atoms with Gasteiger partial charge in [-0.05, 0) is 44.2 Å². The summed E-state index contributed by atoms with van der Waals surface area (Å²) in [4.78, 5) is 14.5. The number of aliphatic imine (C=N–C) groups is 1. The summed E-state index contributed by atoms with van der Waals surface area (Å²) >= 11 is 0. The van der Waals surface area contributed by atoms with E-state index in [1.54, 1.807) is 7.11 Å². The third-order valence-corrected chi connectivity index (χ3v) is 6.08. The number of fused-ring (bicyclic) bond motifs is 6. The van der Waals surface area contributed by atoms with Crippen LogP contribution in [0.15, 0.2) is 29.3 Å². The van der Waals surface area contributed by atoms with Gasteiger partial charge in [-0.25, -0.2) is 9.98 Å². The molecule has 1 N–H and O–H groups in total.